The van der Waals surface area contributed by atoms with E-state index in [1.54, 1.807) is 12.4 Å². The van der Waals surface area contributed by atoms with Crippen molar-refractivity contribution in [1.29, 1.82) is 0 Å². The van der Waals surface area contributed by atoms with Crippen LogP contribution in [-0.4, -0.2) is 30.8 Å². The van der Waals surface area contributed by atoms with Crippen LogP contribution in [0.2, 0.25) is 0 Å². The predicted octanol–water partition coefficient (Wildman–Crippen LogP) is 2.78. The lowest BCUT2D eigenvalue weighted by Gasteiger charge is -2.23. The van der Waals surface area contributed by atoms with Gasteiger partial charge in [-0.25, -0.2) is 0 Å². The van der Waals surface area contributed by atoms with E-state index in [-0.39, 0.29) is 12.1 Å². The fourth-order valence-corrected chi connectivity index (χ4v) is 3.20. The van der Waals surface area contributed by atoms with Gasteiger partial charge in [0.1, 0.15) is 0 Å². The van der Waals surface area contributed by atoms with E-state index in [0.29, 0.717) is 0 Å². The molecule has 7 nitrogen and oxygen atoms in total. The van der Waals surface area contributed by atoms with Gasteiger partial charge in [0.25, 0.3) is 0 Å². The number of nitrogens with zero attached hydrogens (tertiary/aromatic N) is 4. The summed E-state index contributed by atoms with van der Waals surface area (Å²) in [5.41, 5.74) is 4.22. The second-order valence-corrected chi connectivity index (χ2v) is 6.44. The molecule has 0 aliphatic carbocycles. The van der Waals surface area contributed by atoms with Gasteiger partial charge in [-0.1, -0.05) is 60.7 Å². The van der Waals surface area contributed by atoms with Crippen LogP contribution in [0.5, 0.6) is 0 Å². The third kappa shape index (κ3) is 4.45. The number of hydrogen-bond acceptors (Lipinski definition) is 5. The average molecular weight is 359 g/mol. The first-order valence-electron chi connectivity index (χ1n) is 8.94. The molecule has 0 radical (unpaired) electrons. The third-order valence-corrected chi connectivity index (χ3v) is 4.55. The van der Waals surface area contributed by atoms with E-state index in [1.807, 2.05) is 36.4 Å². The van der Waals surface area contributed by atoms with Crippen LogP contribution in [0.4, 0.5) is 0 Å². The van der Waals surface area contributed by atoms with Crippen LogP contribution in [0.15, 0.2) is 73.1 Å². The van der Waals surface area contributed by atoms with Crippen LogP contribution in [0.3, 0.4) is 0 Å². The highest BCUT2D eigenvalue weighted by molar-refractivity contribution is 5.21. The Morgan fingerprint density at radius 3 is 1.48 bits per heavy atom. The van der Waals surface area contributed by atoms with E-state index in [1.165, 1.54) is 11.1 Å². The first kappa shape index (κ1) is 17.1. The van der Waals surface area contributed by atoms with Crippen LogP contribution < -0.4 is 5.32 Å². The minimum Gasteiger partial charge on any atom is -0.300 e. The Kier molecular flexibility index (Phi) is 5.31. The van der Waals surface area contributed by atoms with Gasteiger partial charge in [-0.3, -0.25) is 5.32 Å². The van der Waals surface area contributed by atoms with E-state index in [9.17, 15) is 0 Å². The summed E-state index contributed by atoms with van der Waals surface area (Å²) < 4.78 is 0. The third-order valence-electron chi connectivity index (χ3n) is 4.55. The zero-order chi connectivity index (χ0) is 18.3. The Balaban J connectivity index is 1.59. The molecule has 0 aliphatic heterocycles. The highest BCUT2D eigenvalue weighted by atomic mass is 15.3. The van der Waals surface area contributed by atoms with Crippen LogP contribution in [0, 0.1) is 0 Å². The quantitative estimate of drug-likeness (QED) is 0.450. The van der Waals surface area contributed by atoms with Gasteiger partial charge in [-0.2, -0.15) is 30.8 Å². The molecule has 2 aromatic carbocycles. The van der Waals surface area contributed by atoms with Gasteiger partial charge in [0.15, 0.2) is 0 Å². The van der Waals surface area contributed by atoms with E-state index in [4.69, 9.17) is 0 Å². The minimum atomic E-state index is -0.00318. The van der Waals surface area contributed by atoms with E-state index >= 15 is 0 Å². The van der Waals surface area contributed by atoms with Gasteiger partial charge < -0.3 is 0 Å². The van der Waals surface area contributed by atoms with Crippen molar-refractivity contribution in [3.8, 4) is 0 Å². The number of nitrogens with one attached hydrogen (secondary N) is 3. The number of aromatic amines is 2. The molecule has 0 saturated heterocycles. The van der Waals surface area contributed by atoms with Crippen molar-refractivity contribution >= 4 is 0 Å². The molecular weight excluding hydrogens is 338 g/mol. The molecule has 7 heteroatoms. The molecule has 0 aliphatic rings. The van der Waals surface area contributed by atoms with Gasteiger partial charge in [-0.15, -0.1) is 0 Å². The molecule has 2 aromatic heterocycles. The summed E-state index contributed by atoms with van der Waals surface area (Å²) >= 11 is 0. The molecule has 0 bridgehead atoms. The molecule has 2 heterocycles. The maximum absolute atomic E-state index is 4.31. The molecule has 136 valence electrons. The van der Waals surface area contributed by atoms with E-state index in [0.717, 1.165) is 24.2 Å². The van der Waals surface area contributed by atoms with Crippen molar-refractivity contribution in [3.63, 3.8) is 0 Å². The first-order chi connectivity index (χ1) is 13.4. The topological polar surface area (TPSA) is 95.2 Å². The number of H-pyrrole nitrogens is 2. The number of aromatic nitrogens is 6. The van der Waals surface area contributed by atoms with E-state index in [2.05, 4.69) is 60.4 Å². The van der Waals surface area contributed by atoms with Crippen LogP contribution in [-0.2, 0) is 12.8 Å². The maximum Gasteiger partial charge on any atom is 0.0997 e. The molecular formula is C20H21N7. The predicted molar refractivity (Wildman–Crippen MR) is 102 cm³/mol. The lowest BCUT2D eigenvalue weighted by Crippen LogP contribution is -2.30. The Labute approximate surface area is 157 Å². The highest BCUT2D eigenvalue weighted by Gasteiger charge is 2.23. The molecule has 27 heavy (non-hydrogen) atoms. The molecule has 2 atom stereocenters. The molecule has 0 amide bonds. The van der Waals surface area contributed by atoms with Crippen LogP contribution in [0.25, 0.3) is 0 Å². The Morgan fingerprint density at radius 1 is 0.667 bits per heavy atom. The normalized spacial score (nSPS) is 13.3. The van der Waals surface area contributed by atoms with Gasteiger partial charge in [0, 0.05) is 0 Å². The fraction of sp³-hybridized carbons (Fsp3) is 0.200. The molecule has 4 rings (SSSR count). The SMILES string of the molecule is c1ccc(CC(NC(Cc2ccccc2)c2cn[nH]n2)c2cn[nH]n2)cc1. The lowest BCUT2D eigenvalue weighted by atomic mass is 9.99. The summed E-state index contributed by atoms with van der Waals surface area (Å²) in [6.07, 6.45) is 5.14. The first-order valence-corrected chi connectivity index (χ1v) is 8.94. The van der Waals surface area contributed by atoms with Crippen molar-refractivity contribution in [1.82, 2.24) is 36.1 Å². The Morgan fingerprint density at radius 2 is 1.11 bits per heavy atom. The fourth-order valence-electron chi connectivity index (χ4n) is 3.20. The highest BCUT2D eigenvalue weighted by Crippen LogP contribution is 2.23. The van der Waals surface area contributed by atoms with Crippen molar-refractivity contribution in [2.24, 2.45) is 0 Å². The molecule has 0 saturated carbocycles. The summed E-state index contributed by atoms with van der Waals surface area (Å²) in [6.45, 7) is 0. The average Bonchev–Trinajstić information content (AvgIpc) is 3.43. The van der Waals surface area contributed by atoms with Crippen LogP contribution in [0.1, 0.15) is 34.6 Å². The molecule has 4 aromatic rings. The van der Waals surface area contributed by atoms with Crippen molar-refractivity contribution in [3.05, 3.63) is 95.6 Å². The van der Waals surface area contributed by atoms with Gasteiger partial charge in [0.2, 0.25) is 0 Å². The zero-order valence-corrected chi connectivity index (χ0v) is 14.8. The number of rotatable bonds is 8. The Hall–Kier alpha value is -3.32. The van der Waals surface area contributed by atoms with Crippen molar-refractivity contribution in [2.45, 2.75) is 24.9 Å². The van der Waals surface area contributed by atoms with Gasteiger partial charge in [0.05, 0.1) is 35.9 Å². The summed E-state index contributed by atoms with van der Waals surface area (Å²) in [6, 6.07) is 20.7. The van der Waals surface area contributed by atoms with Crippen molar-refractivity contribution < 1.29 is 0 Å². The maximum atomic E-state index is 4.31. The largest absolute Gasteiger partial charge is 0.300 e. The summed E-state index contributed by atoms with van der Waals surface area (Å²) in [5, 5.41) is 25.8. The number of benzene rings is 2. The standard InChI is InChI=1S/C20H21N7/c1-3-7-15(8-4-1)11-17(19-13-21-26-24-19)23-18(20-14-22-27-25-20)12-16-9-5-2-6-10-16/h1-10,13-14,17-18,23H,11-12H2,(H,21,24,26)(H,22,25,27). The van der Waals surface area contributed by atoms with E-state index < -0.39 is 0 Å². The second kappa shape index (κ2) is 8.37. The zero-order valence-electron chi connectivity index (χ0n) is 14.8. The molecule has 0 spiro atoms. The molecule has 3 N–H and O–H groups in total. The molecule has 2 unspecified atom stereocenters. The minimum absolute atomic E-state index is 0.00318. The van der Waals surface area contributed by atoms with Gasteiger partial charge >= 0.3 is 0 Å². The monoisotopic (exact) mass is 359 g/mol. The second-order valence-electron chi connectivity index (χ2n) is 6.44. The Bertz CT molecular complexity index is 828. The summed E-state index contributed by atoms with van der Waals surface area (Å²) in [7, 11) is 0. The molecule has 0 fully saturated rings. The summed E-state index contributed by atoms with van der Waals surface area (Å²) in [4.78, 5) is 0. The number of hydrogen-bond donors (Lipinski definition) is 3. The summed E-state index contributed by atoms with van der Waals surface area (Å²) in [5.74, 6) is 0. The smallest absolute Gasteiger partial charge is 0.0997 e. The van der Waals surface area contributed by atoms with Crippen molar-refractivity contribution in [2.75, 3.05) is 0 Å². The van der Waals surface area contributed by atoms with Crippen LogP contribution >= 0.6 is 0 Å². The van der Waals surface area contributed by atoms with Gasteiger partial charge in [-0.05, 0) is 24.0 Å². The lowest BCUT2D eigenvalue weighted by molar-refractivity contribution is 0.424.